The highest BCUT2D eigenvalue weighted by Gasteiger charge is 2.05. The van der Waals surface area contributed by atoms with E-state index >= 15 is 0 Å². The van der Waals surface area contributed by atoms with Gasteiger partial charge in [-0.15, -0.1) is 0 Å². The zero-order valence-electron chi connectivity index (χ0n) is 8.98. The molecule has 0 saturated carbocycles. The van der Waals surface area contributed by atoms with Gasteiger partial charge >= 0.3 is 0 Å². The van der Waals surface area contributed by atoms with Gasteiger partial charge in [0.15, 0.2) is 0 Å². The summed E-state index contributed by atoms with van der Waals surface area (Å²) >= 11 is 0. The Morgan fingerprint density at radius 1 is 1.60 bits per heavy atom. The van der Waals surface area contributed by atoms with Crippen LogP contribution in [0.3, 0.4) is 0 Å². The van der Waals surface area contributed by atoms with Crippen molar-refractivity contribution in [1.29, 1.82) is 0 Å². The summed E-state index contributed by atoms with van der Waals surface area (Å²) in [6.07, 6.45) is 3.47. The molecule has 0 aromatic carbocycles. The lowest BCUT2D eigenvalue weighted by atomic mass is 10.0. The van der Waals surface area contributed by atoms with Crippen LogP contribution in [0, 0.1) is 5.92 Å². The average molecular weight is 210 g/mol. The predicted molar refractivity (Wildman–Crippen MR) is 60.4 cm³/mol. The molecule has 0 aliphatic heterocycles. The summed E-state index contributed by atoms with van der Waals surface area (Å²) in [6, 6.07) is 1.78. The van der Waals surface area contributed by atoms with E-state index in [-0.39, 0.29) is 12.6 Å². The highest BCUT2D eigenvalue weighted by atomic mass is 16.3. The maximum atomic E-state index is 8.84. The first kappa shape index (κ1) is 11.7. The second kappa shape index (κ2) is 6.19. The Bertz CT molecular complexity index is 293. The van der Waals surface area contributed by atoms with Crippen molar-refractivity contribution in [2.24, 2.45) is 5.92 Å². The first-order valence-corrected chi connectivity index (χ1v) is 5.19. The maximum absolute atomic E-state index is 8.84. The van der Waals surface area contributed by atoms with Gasteiger partial charge in [0.05, 0.1) is 0 Å². The van der Waals surface area contributed by atoms with Crippen LogP contribution in [0.5, 0.6) is 0 Å². The van der Waals surface area contributed by atoms with Crippen molar-refractivity contribution in [3.05, 3.63) is 12.3 Å². The highest BCUT2D eigenvalue weighted by molar-refractivity contribution is 5.37. The van der Waals surface area contributed by atoms with Gasteiger partial charge in [-0.05, 0) is 18.4 Å². The smallest absolute Gasteiger partial charge is 0.221 e. The van der Waals surface area contributed by atoms with E-state index in [0.717, 1.165) is 25.2 Å². The number of aliphatic hydroxyl groups is 1. The predicted octanol–water partition coefficient (Wildman–Crippen LogP) is 0.879. The van der Waals surface area contributed by atoms with Gasteiger partial charge < -0.3 is 16.2 Å². The maximum Gasteiger partial charge on any atom is 0.221 e. The first-order valence-electron chi connectivity index (χ1n) is 5.19. The van der Waals surface area contributed by atoms with Crippen molar-refractivity contribution >= 4 is 11.8 Å². The molecule has 4 N–H and O–H groups in total. The zero-order chi connectivity index (χ0) is 11.1. The van der Waals surface area contributed by atoms with Gasteiger partial charge in [-0.2, -0.15) is 4.98 Å². The number of aromatic nitrogens is 2. The summed E-state index contributed by atoms with van der Waals surface area (Å²) in [6.45, 7) is 3.13. The van der Waals surface area contributed by atoms with Gasteiger partial charge in [0.25, 0.3) is 0 Å². The van der Waals surface area contributed by atoms with E-state index < -0.39 is 0 Å². The van der Waals surface area contributed by atoms with Crippen LogP contribution in [0.25, 0.3) is 0 Å². The fourth-order valence-electron chi connectivity index (χ4n) is 1.35. The van der Waals surface area contributed by atoms with Crippen LogP contribution >= 0.6 is 0 Å². The largest absolute Gasteiger partial charge is 0.396 e. The van der Waals surface area contributed by atoms with Crippen LogP contribution < -0.4 is 11.1 Å². The normalized spacial score (nSPS) is 12.4. The third-order valence-corrected chi connectivity index (χ3v) is 2.36. The molecule has 0 spiro atoms. The molecular formula is C10H18N4O. The standard InChI is InChI=1S/C10H18N4O/c1-2-8(4-6-15)7-13-9-3-5-12-10(11)14-9/h3,5,8,15H,2,4,6-7H2,1H3,(H3,11,12,13,14). The minimum Gasteiger partial charge on any atom is -0.396 e. The fourth-order valence-corrected chi connectivity index (χ4v) is 1.35. The van der Waals surface area contributed by atoms with Crippen LogP contribution in [-0.2, 0) is 0 Å². The van der Waals surface area contributed by atoms with Gasteiger partial charge in [-0.1, -0.05) is 13.3 Å². The summed E-state index contributed by atoms with van der Waals surface area (Å²) in [5.74, 6) is 1.47. The Kier molecular flexibility index (Phi) is 4.83. The lowest BCUT2D eigenvalue weighted by molar-refractivity contribution is 0.258. The van der Waals surface area contributed by atoms with E-state index in [1.165, 1.54) is 0 Å². The summed E-state index contributed by atoms with van der Waals surface area (Å²) in [5, 5.41) is 12.0. The molecule has 1 aromatic heterocycles. The number of anilines is 2. The molecule has 0 amide bonds. The van der Waals surface area contributed by atoms with Gasteiger partial charge in [0.1, 0.15) is 5.82 Å². The fraction of sp³-hybridized carbons (Fsp3) is 0.600. The van der Waals surface area contributed by atoms with E-state index in [9.17, 15) is 0 Å². The van der Waals surface area contributed by atoms with Crippen LogP contribution in [0.2, 0.25) is 0 Å². The van der Waals surface area contributed by atoms with Gasteiger partial charge in [-0.3, -0.25) is 0 Å². The summed E-state index contributed by atoms with van der Waals surface area (Å²) in [7, 11) is 0. The molecule has 0 bridgehead atoms. The quantitative estimate of drug-likeness (QED) is 0.649. The Morgan fingerprint density at radius 3 is 3.00 bits per heavy atom. The molecule has 15 heavy (non-hydrogen) atoms. The Morgan fingerprint density at radius 2 is 2.40 bits per heavy atom. The molecule has 5 nitrogen and oxygen atoms in total. The third-order valence-electron chi connectivity index (χ3n) is 2.36. The summed E-state index contributed by atoms with van der Waals surface area (Å²) in [4.78, 5) is 7.84. The molecule has 0 fully saturated rings. The van der Waals surface area contributed by atoms with Crippen molar-refractivity contribution in [3.8, 4) is 0 Å². The number of aliphatic hydroxyl groups excluding tert-OH is 1. The topological polar surface area (TPSA) is 84.1 Å². The van der Waals surface area contributed by atoms with Gasteiger partial charge in [0.2, 0.25) is 5.95 Å². The molecule has 1 atom stereocenters. The van der Waals surface area contributed by atoms with E-state index in [2.05, 4.69) is 22.2 Å². The van der Waals surface area contributed by atoms with Crippen molar-refractivity contribution in [2.45, 2.75) is 19.8 Å². The Balaban J connectivity index is 2.41. The number of nitrogens with two attached hydrogens (primary N) is 1. The van der Waals surface area contributed by atoms with Gasteiger partial charge in [0, 0.05) is 19.3 Å². The number of nitrogens with zero attached hydrogens (tertiary/aromatic N) is 2. The van der Waals surface area contributed by atoms with Gasteiger partial charge in [-0.25, -0.2) is 4.98 Å². The average Bonchev–Trinajstić information content (AvgIpc) is 2.24. The molecule has 1 heterocycles. The van der Waals surface area contributed by atoms with Crippen molar-refractivity contribution in [3.63, 3.8) is 0 Å². The van der Waals surface area contributed by atoms with Crippen LogP contribution in [0.15, 0.2) is 12.3 Å². The molecule has 0 saturated heterocycles. The van der Waals surface area contributed by atoms with Crippen LogP contribution in [0.1, 0.15) is 19.8 Å². The van der Waals surface area contributed by atoms with E-state index in [0.29, 0.717) is 5.92 Å². The molecule has 0 aliphatic carbocycles. The molecule has 1 unspecified atom stereocenters. The van der Waals surface area contributed by atoms with E-state index in [1.807, 2.05) is 0 Å². The SMILES string of the molecule is CCC(CCO)CNc1ccnc(N)n1. The second-order valence-corrected chi connectivity index (χ2v) is 3.47. The van der Waals surface area contributed by atoms with Crippen molar-refractivity contribution in [2.75, 3.05) is 24.2 Å². The monoisotopic (exact) mass is 210 g/mol. The number of rotatable bonds is 6. The molecular weight excluding hydrogens is 192 g/mol. The number of nitrogen functional groups attached to an aromatic ring is 1. The third kappa shape index (κ3) is 4.12. The second-order valence-electron chi connectivity index (χ2n) is 3.47. The van der Waals surface area contributed by atoms with E-state index in [4.69, 9.17) is 10.8 Å². The highest BCUT2D eigenvalue weighted by Crippen LogP contribution is 2.09. The first-order chi connectivity index (χ1) is 7.26. The minimum absolute atomic E-state index is 0.228. The lowest BCUT2D eigenvalue weighted by Crippen LogP contribution is -2.16. The number of nitrogens with one attached hydrogen (secondary N) is 1. The summed E-state index contributed by atoms with van der Waals surface area (Å²) < 4.78 is 0. The van der Waals surface area contributed by atoms with Crippen LogP contribution in [0.4, 0.5) is 11.8 Å². The molecule has 84 valence electrons. The Labute approximate surface area is 89.7 Å². The lowest BCUT2D eigenvalue weighted by Gasteiger charge is -2.14. The van der Waals surface area contributed by atoms with E-state index in [1.54, 1.807) is 12.3 Å². The molecule has 1 aromatic rings. The molecule has 0 radical (unpaired) electrons. The van der Waals surface area contributed by atoms with Crippen LogP contribution in [-0.4, -0.2) is 28.2 Å². The van der Waals surface area contributed by atoms with Crippen molar-refractivity contribution < 1.29 is 5.11 Å². The minimum atomic E-state index is 0.228. The molecule has 1 rings (SSSR count). The number of hydrogen-bond donors (Lipinski definition) is 3. The number of hydrogen-bond acceptors (Lipinski definition) is 5. The Hall–Kier alpha value is -1.36. The summed E-state index contributed by atoms with van der Waals surface area (Å²) in [5.41, 5.74) is 5.45. The zero-order valence-corrected chi connectivity index (χ0v) is 8.98. The van der Waals surface area contributed by atoms with Crippen molar-refractivity contribution in [1.82, 2.24) is 9.97 Å². The molecule has 5 heteroatoms. The molecule has 0 aliphatic rings.